The molecule has 4 N–H and O–H groups in total. The van der Waals surface area contributed by atoms with E-state index in [-0.39, 0.29) is 36.2 Å². The molecule has 5 nitrogen and oxygen atoms in total. The van der Waals surface area contributed by atoms with Crippen LogP contribution in [0.2, 0.25) is 0 Å². The van der Waals surface area contributed by atoms with Gasteiger partial charge in [0.1, 0.15) is 6.04 Å². The molecule has 0 aliphatic heterocycles. The number of amides is 2. The van der Waals surface area contributed by atoms with Crippen molar-refractivity contribution in [1.29, 1.82) is 0 Å². The van der Waals surface area contributed by atoms with Crippen molar-refractivity contribution in [2.75, 3.05) is 6.54 Å². The molecule has 1 fully saturated rings. The average molecular weight is 382 g/mol. The van der Waals surface area contributed by atoms with Crippen LogP contribution in [0.4, 0.5) is 0 Å². The Balaban J connectivity index is 0.00000338. The third-order valence-electron chi connectivity index (χ3n) is 5.04. The Morgan fingerprint density at radius 2 is 1.65 bits per heavy atom. The zero-order valence-electron chi connectivity index (χ0n) is 16.0. The Kier molecular flexibility index (Phi) is 9.09. The predicted molar refractivity (Wildman–Crippen MR) is 107 cm³/mol. The first-order chi connectivity index (χ1) is 11.9. The molecule has 1 aliphatic rings. The lowest BCUT2D eigenvalue weighted by Gasteiger charge is -2.24. The molecule has 1 aromatic carbocycles. The van der Waals surface area contributed by atoms with Gasteiger partial charge >= 0.3 is 0 Å². The van der Waals surface area contributed by atoms with Crippen molar-refractivity contribution in [2.24, 2.45) is 11.7 Å². The number of carbonyl (C=O) groups excluding carboxylic acids is 2. The van der Waals surface area contributed by atoms with Crippen molar-refractivity contribution in [3.05, 3.63) is 35.4 Å². The molecule has 0 aromatic heterocycles. The van der Waals surface area contributed by atoms with Crippen molar-refractivity contribution in [2.45, 2.75) is 64.5 Å². The lowest BCUT2D eigenvalue weighted by molar-refractivity contribution is -0.129. The largest absolute Gasteiger partial charge is 0.352 e. The van der Waals surface area contributed by atoms with Gasteiger partial charge in [-0.25, -0.2) is 0 Å². The number of halogens is 1. The lowest BCUT2D eigenvalue weighted by Crippen LogP contribution is -2.50. The van der Waals surface area contributed by atoms with Gasteiger partial charge in [-0.2, -0.15) is 0 Å². The van der Waals surface area contributed by atoms with E-state index in [1.165, 1.54) is 12.5 Å². The first kappa shape index (κ1) is 22.5. The molecular formula is C20H32ClN3O2. The summed E-state index contributed by atoms with van der Waals surface area (Å²) in [5.74, 6) is 0.414. The highest BCUT2D eigenvalue weighted by Crippen LogP contribution is 2.28. The van der Waals surface area contributed by atoms with Crippen LogP contribution in [0, 0.1) is 5.92 Å². The Labute approximate surface area is 162 Å². The van der Waals surface area contributed by atoms with Crippen molar-refractivity contribution < 1.29 is 9.59 Å². The molecule has 0 radical (unpaired) electrons. The Hall–Kier alpha value is -1.59. The van der Waals surface area contributed by atoms with Crippen molar-refractivity contribution >= 4 is 24.2 Å². The molecule has 146 valence electrons. The molecule has 1 saturated carbocycles. The minimum Gasteiger partial charge on any atom is -0.352 e. The first-order valence-electron chi connectivity index (χ1n) is 9.28. The summed E-state index contributed by atoms with van der Waals surface area (Å²) in [4.78, 5) is 24.0. The molecule has 2 atom stereocenters. The van der Waals surface area contributed by atoms with Crippen LogP contribution in [0.15, 0.2) is 24.3 Å². The second-order valence-corrected chi connectivity index (χ2v) is 7.40. The molecule has 1 aliphatic carbocycles. The van der Waals surface area contributed by atoms with E-state index < -0.39 is 6.04 Å². The first-order valence-corrected chi connectivity index (χ1v) is 9.28. The SMILES string of the molecule is CC(=O)NC(C(=O)NCC(N)c1ccc(C(C)C)cc1)C1CCCC1.Cl. The molecule has 26 heavy (non-hydrogen) atoms. The summed E-state index contributed by atoms with van der Waals surface area (Å²) < 4.78 is 0. The van der Waals surface area contributed by atoms with Crippen molar-refractivity contribution in [3.8, 4) is 0 Å². The Morgan fingerprint density at radius 3 is 2.15 bits per heavy atom. The van der Waals surface area contributed by atoms with Gasteiger partial charge in [0.25, 0.3) is 0 Å². The molecule has 1 aromatic rings. The highest BCUT2D eigenvalue weighted by molar-refractivity contribution is 5.87. The van der Waals surface area contributed by atoms with Crippen LogP contribution < -0.4 is 16.4 Å². The van der Waals surface area contributed by atoms with Gasteiger partial charge in [-0.15, -0.1) is 12.4 Å². The zero-order valence-corrected chi connectivity index (χ0v) is 16.8. The monoisotopic (exact) mass is 381 g/mol. The fourth-order valence-electron chi connectivity index (χ4n) is 3.47. The van der Waals surface area contributed by atoms with E-state index in [0.29, 0.717) is 12.5 Å². The molecule has 2 amide bonds. The molecule has 0 bridgehead atoms. The molecule has 2 unspecified atom stereocenters. The van der Waals surface area contributed by atoms with E-state index in [4.69, 9.17) is 5.73 Å². The topological polar surface area (TPSA) is 84.2 Å². The highest BCUT2D eigenvalue weighted by atomic mass is 35.5. The van der Waals surface area contributed by atoms with E-state index in [9.17, 15) is 9.59 Å². The number of carbonyl (C=O) groups is 2. The van der Waals surface area contributed by atoms with Gasteiger partial charge in [-0.1, -0.05) is 51.0 Å². The number of benzene rings is 1. The smallest absolute Gasteiger partial charge is 0.242 e. The molecule has 6 heteroatoms. The number of hydrogen-bond donors (Lipinski definition) is 3. The van der Waals surface area contributed by atoms with Crippen LogP contribution in [0.25, 0.3) is 0 Å². The summed E-state index contributed by atoms with van der Waals surface area (Å²) in [5.41, 5.74) is 8.49. The molecule has 0 saturated heterocycles. The lowest BCUT2D eigenvalue weighted by atomic mass is 9.96. The van der Waals surface area contributed by atoms with Crippen LogP contribution >= 0.6 is 12.4 Å². The van der Waals surface area contributed by atoms with E-state index in [1.54, 1.807) is 0 Å². The minimum absolute atomic E-state index is 0. The fourth-order valence-corrected chi connectivity index (χ4v) is 3.47. The maximum absolute atomic E-state index is 12.6. The van der Waals surface area contributed by atoms with Gasteiger partial charge in [-0.05, 0) is 35.8 Å². The maximum atomic E-state index is 12.6. The fraction of sp³-hybridized carbons (Fsp3) is 0.600. The van der Waals surface area contributed by atoms with Gasteiger partial charge in [-0.3, -0.25) is 9.59 Å². The maximum Gasteiger partial charge on any atom is 0.242 e. The zero-order chi connectivity index (χ0) is 18.4. The third-order valence-corrected chi connectivity index (χ3v) is 5.04. The van der Waals surface area contributed by atoms with Crippen LogP contribution in [0.3, 0.4) is 0 Å². The minimum atomic E-state index is -0.449. The molecular weight excluding hydrogens is 350 g/mol. The molecule has 0 spiro atoms. The molecule has 0 heterocycles. The van der Waals surface area contributed by atoms with Crippen LogP contribution in [0.5, 0.6) is 0 Å². The van der Waals surface area contributed by atoms with E-state index >= 15 is 0 Å². The van der Waals surface area contributed by atoms with Crippen molar-refractivity contribution in [1.82, 2.24) is 10.6 Å². The quantitative estimate of drug-likeness (QED) is 0.678. The van der Waals surface area contributed by atoms with Crippen LogP contribution in [-0.4, -0.2) is 24.4 Å². The van der Waals surface area contributed by atoms with E-state index in [1.807, 2.05) is 12.1 Å². The van der Waals surface area contributed by atoms with E-state index in [0.717, 1.165) is 31.2 Å². The standard InChI is InChI=1S/C20H31N3O2.ClH/c1-13(2)15-8-10-16(11-9-15)18(21)12-22-20(25)19(23-14(3)24)17-6-4-5-7-17;/h8-11,13,17-19H,4-7,12,21H2,1-3H3,(H,22,25)(H,23,24);1H. The summed E-state index contributed by atoms with van der Waals surface area (Å²) in [6.07, 6.45) is 4.22. The third kappa shape index (κ3) is 6.29. The predicted octanol–water partition coefficient (Wildman–Crippen LogP) is 3.04. The van der Waals surface area contributed by atoms with Gasteiger partial charge < -0.3 is 16.4 Å². The van der Waals surface area contributed by atoms with Crippen LogP contribution in [0.1, 0.15) is 69.5 Å². The van der Waals surface area contributed by atoms with E-state index in [2.05, 4.69) is 36.6 Å². The number of nitrogens with two attached hydrogens (primary N) is 1. The summed E-state index contributed by atoms with van der Waals surface area (Å²) in [7, 11) is 0. The number of rotatable bonds is 7. The Bertz CT molecular complexity index is 583. The summed E-state index contributed by atoms with van der Waals surface area (Å²) in [5, 5.41) is 5.74. The number of nitrogens with one attached hydrogen (secondary N) is 2. The molecule has 2 rings (SSSR count). The summed E-state index contributed by atoms with van der Waals surface area (Å²) in [6.45, 7) is 6.13. The summed E-state index contributed by atoms with van der Waals surface area (Å²) in [6, 6.07) is 7.51. The van der Waals surface area contributed by atoms with Crippen LogP contribution in [-0.2, 0) is 9.59 Å². The highest BCUT2D eigenvalue weighted by Gasteiger charge is 2.31. The van der Waals surface area contributed by atoms with Crippen molar-refractivity contribution in [3.63, 3.8) is 0 Å². The van der Waals surface area contributed by atoms with Gasteiger partial charge in [0.2, 0.25) is 11.8 Å². The number of hydrogen-bond acceptors (Lipinski definition) is 3. The Morgan fingerprint density at radius 1 is 1.12 bits per heavy atom. The normalized spacial score (nSPS) is 16.7. The second-order valence-electron chi connectivity index (χ2n) is 7.40. The summed E-state index contributed by atoms with van der Waals surface area (Å²) >= 11 is 0. The second kappa shape index (κ2) is 10.5. The van der Waals surface area contributed by atoms with Gasteiger partial charge in [0, 0.05) is 19.5 Å². The van der Waals surface area contributed by atoms with Gasteiger partial charge in [0.05, 0.1) is 0 Å². The van der Waals surface area contributed by atoms with Gasteiger partial charge in [0.15, 0.2) is 0 Å². The average Bonchev–Trinajstić information content (AvgIpc) is 3.11.